The van der Waals surface area contributed by atoms with Gasteiger partial charge in [-0.15, -0.1) is 10.2 Å². The minimum Gasteiger partial charge on any atom is -0.311 e. The van der Waals surface area contributed by atoms with Crippen molar-refractivity contribution in [1.82, 2.24) is 10.2 Å². The molecule has 3 aromatic rings. The molecule has 1 amide bonds. The smallest absolute Gasteiger partial charge is 0.237 e. The molecule has 136 valence electrons. The SMILES string of the molecule is O=C(CSc1ccc(-c2ccc(Br)cc2)nn1)N1CCCc2ccccc21. The van der Waals surface area contributed by atoms with Gasteiger partial charge in [0.15, 0.2) is 0 Å². The van der Waals surface area contributed by atoms with Crippen molar-refractivity contribution in [1.29, 1.82) is 0 Å². The summed E-state index contributed by atoms with van der Waals surface area (Å²) in [6.45, 7) is 0.782. The third kappa shape index (κ3) is 4.22. The number of carbonyl (C=O) groups excluding carboxylic acids is 1. The van der Waals surface area contributed by atoms with Crippen molar-refractivity contribution in [2.45, 2.75) is 17.9 Å². The lowest BCUT2D eigenvalue weighted by atomic mass is 10.0. The molecule has 0 aliphatic carbocycles. The highest BCUT2D eigenvalue weighted by atomic mass is 79.9. The summed E-state index contributed by atoms with van der Waals surface area (Å²) in [7, 11) is 0. The number of hydrogen-bond donors (Lipinski definition) is 0. The number of rotatable bonds is 4. The lowest BCUT2D eigenvalue weighted by molar-refractivity contribution is -0.116. The summed E-state index contributed by atoms with van der Waals surface area (Å²) >= 11 is 4.86. The Bertz CT molecular complexity index is 944. The fraction of sp³-hybridized carbons (Fsp3) is 0.190. The Morgan fingerprint density at radius 3 is 2.63 bits per heavy atom. The van der Waals surface area contributed by atoms with E-state index in [-0.39, 0.29) is 5.91 Å². The molecule has 0 spiro atoms. The number of halogens is 1. The highest BCUT2D eigenvalue weighted by Crippen LogP contribution is 2.28. The van der Waals surface area contributed by atoms with Crippen LogP contribution in [-0.2, 0) is 11.2 Å². The van der Waals surface area contributed by atoms with Crippen molar-refractivity contribution in [2.75, 3.05) is 17.2 Å². The normalized spacial score (nSPS) is 13.3. The van der Waals surface area contributed by atoms with Crippen LogP contribution in [0.5, 0.6) is 0 Å². The van der Waals surface area contributed by atoms with Crippen molar-refractivity contribution in [3.05, 3.63) is 70.7 Å². The number of anilines is 1. The molecule has 0 atom stereocenters. The Hall–Kier alpha value is -2.18. The highest BCUT2D eigenvalue weighted by Gasteiger charge is 2.22. The van der Waals surface area contributed by atoms with Gasteiger partial charge in [-0.05, 0) is 48.7 Å². The third-order valence-corrected chi connectivity index (χ3v) is 5.97. The van der Waals surface area contributed by atoms with E-state index in [4.69, 9.17) is 0 Å². The van der Waals surface area contributed by atoms with Crippen LogP contribution in [0.4, 0.5) is 5.69 Å². The van der Waals surface area contributed by atoms with Crippen LogP contribution in [0, 0.1) is 0 Å². The molecule has 6 heteroatoms. The number of thioether (sulfide) groups is 1. The summed E-state index contributed by atoms with van der Waals surface area (Å²) in [5.41, 5.74) is 4.14. The lowest BCUT2D eigenvalue weighted by Crippen LogP contribution is -2.36. The summed E-state index contributed by atoms with van der Waals surface area (Å²) < 4.78 is 1.03. The minimum atomic E-state index is 0.117. The van der Waals surface area contributed by atoms with E-state index in [9.17, 15) is 4.79 Å². The van der Waals surface area contributed by atoms with Crippen LogP contribution in [0.25, 0.3) is 11.3 Å². The average molecular weight is 440 g/mol. The van der Waals surface area contributed by atoms with Crippen LogP contribution in [0.1, 0.15) is 12.0 Å². The zero-order chi connectivity index (χ0) is 18.6. The molecule has 4 nitrogen and oxygen atoms in total. The first-order valence-corrected chi connectivity index (χ1v) is 10.6. The number of fused-ring (bicyclic) bond motifs is 1. The number of hydrogen-bond acceptors (Lipinski definition) is 4. The molecule has 4 rings (SSSR count). The quantitative estimate of drug-likeness (QED) is 0.537. The van der Waals surface area contributed by atoms with Crippen LogP contribution >= 0.6 is 27.7 Å². The van der Waals surface area contributed by atoms with Crippen LogP contribution in [0.15, 0.2) is 70.2 Å². The van der Waals surface area contributed by atoms with E-state index >= 15 is 0 Å². The van der Waals surface area contributed by atoms with Gasteiger partial charge in [0, 0.05) is 22.3 Å². The largest absolute Gasteiger partial charge is 0.311 e. The van der Waals surface area contributed by atoms with E-state index in [0.717, 1.165) is 45.8 Å². The summed E-state index contributed by atoms with van der Waals surface area (Å²) in [6, 6.07) is 20.0. The zero-order valence-electron chi connectivity index (χ0n) is 14.6. The second-order valence-corrected chi connectivity index (χ2v) is 8.24. The molecule has 0 radical (unpaired) electrons. The third-order valence-electron chi connectivity index (χ3n) is 4.53. The van der Waals surface area contributed by atoms with Gasteiger partial charge in [-0.1, -0.05) is 58.0 Å². The first-order valence-electron chi connectivity index (χ1n) is 8.81. The van der Waals surface area contributed by atoms with Crippen LogP contribution in [0.2, 0.25) is 0 Å². The molecule has 0 N–H and O–H groups in total. The maximum Gasteiger partial charge on any atom is 0.237 e. The second kappa shape index (κ2) is 8.23. The molecule has 2 aromatic carbocycles. The fourth-order valence-electron chi connectivity index (χ4n) is 3.18. The first kappa shape index (κ1) is 18.2. The molecule has 27 heavy (non-hydrogen) atoms. The van der Waals surface area contributed by atoms with E-state index in [2.05, 4.69) is 32.2 Å². The summed E-state index contributed by atoms with van der Waals surface area (Å²) in [4.78, 5) is 14.6. The van der Waals surface area contributed by atoms with Crippen molar-refractivity contribution >= 4 is 39.3 Å². The lowest BCUT2D eigenvalue weighted by Gasteiger charge is -2.29. The second-order valence-electron chi connectivity index (χ2n) is 6.33. The van der Waals surface area contributed by atoms with Crippen molar-refractivity contribution < 1.29 is 4.79 Å². The van der Waals surface area contributed by atoms with E-state index < -0.39 is 0 Å². The van der Waals surface area contributed by atoms with Crippen LogP contribution < -0.4 is 4.90 Å². The number of nitrogens with zero attached hydrogens (tertiary/aromatic N) is 3. The number of aromatic nitrogens is 2. The minimum absolute atomic E-state index is 0.117. The standard InChI is InChI=1S/C21H18BrN3OS/c22-17-9-7-15(8-10-17)18-11-12-20(24-23-18)27-14-21(26)25-13-3-5-16-4-1-2-6-19(16)25/h1-2,4,6-12H,3,5,13-14H2. The Morgan fingerprint density at radius 2 is 1.85 bits per heavy atom. The predicted molar refractivity (Wildman–Crippen MR) is 113 cm³/mol. The van der Waals surface area contributed by atoms with Crippen LogP contribution in [-0.4, -0.2) is 28.4 Å². The van der Waals surface area contributed by atoms with Crippen molar-refractivity contribution in [3.8, 4) is 11.3 Å². The van der Waals surface area contributed by atoms with Crippen molar-refractivity contribution in [3.63, 3.8) is 0 Å². The molecular formula is C21H18BrN3OS. The van der Waals surface area contributed by atoms with Crippen molar-refractivity contribution in [2.24, 2.45) is 0 Å². The molecule has 0 saturated carbocycles. The van der Waals surface area contributed by atoms with Gasteiger partial charge >= 0.3 is 0 Å². The van der Waals surface area contributed by atoms with Gasteiger partial charge in [-0.2, -0.15) is 0 Å². The monoisotopic (exact) mass is 439 g/mol. The van der Waals surface area contributed by atoms with Gasteiger partial charge < -0.3 is 4.90 Å². The van der Waals surface area contributed by atoms with Gasteiger partial charge in [0.05, 0.1) is 11.4 Å². The number of benzene rings is 2. The number of amides is 1. The zero-order valence-corrected chi connectivity index (χ0v) is 17.0. The molecule has 0 unspecified atom stereocenters. The Balaban J connectivity index is 1.40. The Kier molecular flexibility index (Phi) is 5.55. The van der Waals surface area contributed by atoms with E-state index in [1.165, 1.54) is 17.3 Å². The molecule has 2 heterocycles. The molecule has 0 saturated heterocycles. The maximum atomic E-state index is 12.7. The number of aryl methyl sites for hydroxylation is 1. The van der Waals surface area contributed by atoms with Gasteiger partial charge in [-0.25, -0.2) is 0 Å². The van der Waals surface area contributed by atoms with E-state index in [1.54, 1.807) is 0 Å². The first-order chi connectivity index (χ1) is 13.2. The molecule has 1 aromatic heterocycles. The topological polar surface area (TPSA) is 46.1 Å². The Labute approximate surface area is 171 Å². The fourth-order valence-corrected chi connectivity index (χ4v) is 4.13. The molecule has 1 aliphatic heterocycles. The molecular weight excluding hydrogens is 422 g/mol. The number of para-hydroxylation sites is 1. The van der Waals surface area contributed by atoms with Gasteiger partial charge in [-0.3, -0.25) is 4.79 Å². The van der Waals surface area contributed by atoms with Gasteiger partial charge in [0.1, 0.15) is 5.03 Å². The summed E-state index contributed by atoms with van der Waals surface area (Å²) in [6.07, 6.45) is 2.05. The van der Waals surface area contributed by atoms with E-state index in [0.29, 0.717) is 5.75 Å². The maximum absolute atomic E-state index is 12.7. The predicted octanol–water partition coefficient (Wildman–Crippen LogP) is 4.98. The van der Waals surface area contributed by atoms with Gasteiger partial charge in [0.25, 0.3) is 0 Å². The molecule has 1 aliphatic rings. The molecule has 0 bridgehead atoms. The average Bonchev–Trinajstić information content (AvgIpc) is 2.72. The van der Waals surface area contributed by atoms with Gasteiger partial charge in [0.2, 0.25) is 5.91 Å². The highest BCUT2D eigenvalue weighted by molar-refractivity contribution is 9.10. The molecule has 0 fully saturated rings. The number of carbonyl (C=O) groups is 1. The summed E-state index contributed by atoms with van der Waals surface area (Å²) in [5.74, 6) is 0.478. The van der Waals surface area contributed by atoms with E-state index in [1.807, 2.05) is 59.5 Å². The summed E-state index contributed by atoms with van der Waals surface area (Å²) in [5, 5.41) is 9.32. The van der Waals surface area contributed by atoms with Crippen LogP contribution in [0.3, 0.4) is 0 Å². The Morgan fingerprint density at radius 1 is 1.04 bits per heavy atom.